The number of amides is 1. The normalized spacial score (nSPS) is 21.0. The lowest BCUT2D eigenvalue weighted by Gasteiger charge is -2.36. The summed E-state index contributed by atoms with van der Waals surface area (Å²) in [7, 11) is 0. The van der Waals surface area contributed by atoms with Gasteiger partial charge in [0.05, 0.1) is 23.3 Å². The Morgan fingerprint density at radius 3 is 2.58 bits per heavy atom. The summed E-state index contributed by atoms with van der Waals surface area (Å²) >= 11 is 6.25. The molecule has 6 heteroatoms. The number of nitriles is 1. The predicted molar refractivity (Wildman–Crippen MR) is 95.0 cm³/mol. The van der Waals surface area contributed by atoms with Crippen molar-refractivity contribution in [1.82, 2.24) is 10.2 Å². The number of piperazine rings is 1. The number of anilines is 1. The molecule has 1 atom stereocenters. The maximum atomic E-state index is 12.3. The number of para-hydroxylation sites is 1. The first-order valence-corrected chi connectivity index (χ1v) is 8.84. The first-order chi connectivity index (χ1) is 11.5. The molecule has 1 aromatic carbocycles. The van der Waals surface area contributed by atoms with E-state index in [1.54, 1.807) is 0 Å². The molecule has 5 nitrogen and oxygen atoms in total. The van der Waals surface area contributed by atoms with Gasteiger partial charge in [0, 0.05) is 26.2 Å². The van der Waals surface area contributed by atoms with Crippen LogP contribution in [0.25, 0.3) is 0 Å². The average molecular weight is 347 g/mol. The molecule has 0 spiro atoms. The molecule has 1 aliphatic heterocycles. The van der Waals surface area contributed by atoms with Gasteiger partial charge >= 0.3 is 0 Å². The lowest BCUT2D eigenvalue weighted by molar-refractivity contribution is -0.123. The molecule has 0 bridgehead atoms. The number of nitrogens with one attached hydrogen (secondary N) is 1. The minimum atomic E-state index is -0.712. The number of nitrogens with zero attached hydrogens (tertiary/aromatic N) is 3. The van der Waals surface area contributed by atoms with Gasteiger partial charge in [0.1, 0.15) is 5.54 Å². The fourth-order valence-corrected chi connectivity index (χ4v) is 3.52. The average Bonchev–Trinajstić information content (AvgIpc) is 3.41. The zero-order chi connectivity index (χ0) is 17.2. The van der Waals surface area contributed by atoms with Crippen LogP contribution >= 0.6 is 11.6 Å². The fraction of sp³-hybridized carbons (Fsp3) is 0.556. The lowest BCUT2D eigenvalue weighted by Crippen LogP contribution is -2.53. The van der Waals surface area contributed by atoms with Gasteiger partial charge in [-0.05, 0) is 37.8 Å². The Hall–Kier alpha value is -1.77. The lowest BCUT2D eigenvalue weighted by atomic mass is 9.98. The van der Waals surface area contributed by atoms with Crippen LogP contribution in [0.1, 0.15) is 19.8 Å². The van der Waals surface area contributed by atoms with Crippen molar-refractivity contribution in [2.24, 2.45) is 5.92 Å². The molecule has 1 saturated carbocycles. The van der Waals surface area contributed by atoms with Crippen LogP contribution in [0.4, 0.5) is 5.69 Å². The van der Waals surface area contributed by atoms with Gasteiger partial charge in [-0.15, -0.1) is 0 Å². The number of halogens is 1. The maximum Gasteiger partial charge on any atom is 0.235 e. The molecule has 1 saturated heterocycles. The van der Waals surface area contributed by atoms with E-state index in [1.807, 2.05) is 31.2 Å². The predicted octanol–water partition coefficient (Wildman–Crippen LogP) is 2.27. The summed E-state index contributed by atoms with van der Waals surface area (Å²) in [6.45, 7) is 5.49. The van der Waals surface area contributed by atoms with Crippen LogP contribution in [0.2, 0.25) is 5.02 Å². The SMILES string of the molecule is C[C@@](C#N)(NC(=O)CN1CCN(c2ccccc2Cl)CC1)C1CC1. The quantitative estimate of drug-likeness (QED) is 0.888. The van der Waals surface area contributed by atoms with Crippen LogP contribution in [0, 0.1) is 17.2 Å². The van der Waals surface area contributed by atoms with Gasteiger partial charge in [-0.1, -0.05) is 23.7 Å². The number of carbonyl (C=O) groups excluding carboxylic acids is 1. The molecule has 1 heterocycles. The van der Waals surface area contributed by atoms with Crippen LogP contribution in [0.5, 0.6) is 0 Å². The standard InChI is InChI=1S/C18H23ClN4O/c1-18(13-20,14-6-7-14)21-17(24)12-22-8-10-23(11-9-22)16-5-3-2-4-15(16)19/h2-5,14H,6-12H2,1H3,(H,21,24)/t18-/m0/s1. The van der Waals surface area contributed by atoms with E-state index in [0.29, 0.717) is 12.5 Å². The molecular weight excluding hydrogens is 324 g/mol. The number of hydrogen-bond donors (Lipinski definition) is 1. The molecule has 1 aliphatic carbocycles. The van der Waals surface area contributed by atoms with Crippen LogP contribution < -0.4 is 10.2 Å². The Morgan fingerprint density at radius 2 is 2.00 bits per heavy atom. The minimum absolute atomic E-state index is 0.0582. The van der Waals surface area contributed by atoms with E-state index < -0.39 is 5.54 Å². The third kappa shape index (κ3) is 3.82. The van der Waals surface area contributed by atoms with Crippen LogP contribution in [0.15, 0.2) is 24.3 Å². The van der Waals surface area contributed by atoms with E-state index >= 15 is 0 Å². The third-order valence-electron chi connectivity index (χ3n) is 4.96. The second kappa shape index (κ2) is 7.00. The van der Waals surface area contributed by atoms with E-state index in [9.17, 15) is 10.1 Å². The highest BCUT2D eigenvalue weighted by Gasteiger charge is 2.43. The largest absolute Gasteiger partial charge is 0.368 e. The molecule has 1 aromatic rings. The van der Waals surface area contributed by atoms with Gasteiger partial charge in [-0.3, -0.25) is 9.69 Å². The zero-order valence-corrected chi connectivity index (χ0v) is 14.7. The Balaban J connectivity index is 1.50. The first kappa shape index (κ1) is 17.1. The molecule has 1 amide bonds. The molecule has 0 aromatic heterocycles. The van der Waals surface area contributed by atoms with Crippen molar-refractivity contribution in [1.29, 1.82) is 5.26 Å². The molecule has 3 rings (SSSR count). The van der Waals surface area contributed by atoms with Crippen molar-refractivity contribution in [3.8, 4) is 6.07 Å². The van der Waals surface area contributed by atoms with Gasteiger partial charge in [0.15, 0.2) is 0 Å². The summed E-state index contributed by atoms with van der Waals surface area (Å²) in [4.78, 5) is 16.7. The molecular formula is C18H23ClN4O. The number of rotatable bonds is 5. The molecule has 1 N–H and O–H groups in total. The minimum Gasteiger partial charge on any atom is -0.368 e. The van der Waals surface area contributed by atoms with E-state index in [2.05, 4.69) is 21.2 Å². The Labute approximate surface area is 148 Å². The van der Waals surface area contributed by atoms with Crippen LogP contribution in [0.3, 0.4) is 0 Å². The Bertz CT molecular complexity index is 647. The number of hydrogen-bond acceptors (Lipinski definition) is 4. The first-order valence-electron chi connectivity index (χ1n) is 8.46. The van der Waals surface area contributed by atoms with Gasteiger partial charge in [-0.2, -0.15) is 5.26 Å². The fourth-order valence-electron chi connectivity index (χ4n) is 3.27. The number of carbonyl (C=O) groups is 1. The Morgan fingerprint density at radius 1 is 1.33 bits per heavy atom. The van der Waals surface area contributed by atoms with Gasteiger partial charge < -0.3 is 10.2 Å². The van der Waals surface area contributed by atoms with Gasteiger partial charge in [0.25, 0.3) is 0 Å². The zero-order valence-electron chi connectivity index (χ0n) is 14.0. The summed E-state index contributed by atoms with van der Waals surface area (Å²) in [6, 6.07) is 10.1. The van der Waals surface area contributed by atoms with Crippen LogP contribution in [-0.2, 0) is 4.79 Å². The molecule has 0 radical (unpaired) electrons. The monoisotopic (exact) mass is 346 g/mol. The second-order valence-electron chi connectivity index (χ2n) is 6.85. The van der Waals surface area contributed by atoms with Crippen molar-refractivity contribution in [3.63, 3.8) is 0 Å². The molecule has 0 unspecified atom stereocenters. The van der Waals surface area contributed by atoms with Crippen molar-refractivity contribution in [2.45, 2.75) is 25.3 Å². The van der Waals surface area contributed by atoms with Gasteiger partial charge in [-0.25, -0.2) is 0 Å². The highest BCUT2D eigenvalue weighted by molar-refractivity contribution is 6.33. The highest BCUT2D eigenvalue weighted by atomic mass is 35.5. The van der Waals surface area contributed by atoms with E-state index in [0.717, 1.165) is 49.7 Å². The molecule has 2 aliphatic rings. The molecule has 2 fully saturated rings. The van der Waals surface area contributed by atoms with E-state index in [4.69, 9.17) is 11.6 Å². The Kier molecular flexibility index (Phi) is 4.98. The molecule has 24 heavy (non-hydrogen) atoms. The number of benzene rings is 1. The summed E-state index contributed by atoms with van der Waals surface area (Å²) in [5, 5.41) is 13.0. The second-order valence-corrected chi connectivity index (χ2v) is 7.26. The highest BCUT2D eigenvalue weighted by Crippen LogP contribution is 2.39. The molecule has 128 valence electrons. The van der Waals surface area contributed by atoms with E-state index in [-0.39, 0.29) is 5.91 Å². The summed E-state index contributed by atoms with van der Waals surface area (Å²) in [6.07, 6.45) is 2.06. The van der Waals surface area contributed by atoms with E-state index in [1.165, 1.54) is 0 Å². The summed E-state index contributed by atoms with van der Waals surface area (Å²) in [5.41, 5.74) is 0.338. The van der Waals surface area contributed by atoms with Crippen molar-refractivity contribution in [2.75, 3.05) is 37.6 Å². The summed E-state index contributed by atoms with van der Waals surface area (Å²) in [5.74, 6) is 0.251. The summed E-state index contributed by atoms with van der Waals surface area (Å²) < 4.78 is 0. The van der Waals surface area contributed by atoms with Gasteiger partial charge in [0.2, 0.25) is 5.91 Å². The van der Waals surface area contributed by atoms with Crippen molar-refractivity contribution < 1.29 is 4.79 Å². The van der Waals surface area contributed by atoms with Crippen molar-refractivity contribution >= 4 is 23.2 Å². The van der Waals surface area contributed by atoms with Crippen LogP contribution in [-0.4, -0.2) is 49.1 Å². The topological polar surface area (TPSA) is 59.4 Å². The smallest absolute Gasteiger partial charge is 0.235 e. The third-order valence-corrected chi connectivity index (χ3v) is 5.28. The van der Waals surface area contributed by atoms with Crippen molar-refractivity contribution in [3.05, 3.63) is 29.3 Å². The maximum absolute atomic E-state index is 12.3.